The van der Waals surface area contributed by atoms with Crippen molar-refractivity contribution < 1.29 is 23.4 Å². The van der Waals surface area contributed by atoms with E-state index in [0.29, 0.717) is 44.9 Å². The van der Waals surface area contributed by atoms with E-state index in [0.717, 1.165) is 10.8 Å². The predicted octanol–water partition coefficient (Wildman–Crippen LogP) is 3.56. The molecule has 3 heterocycles. The molecule has 0 saturated heterocycles. The average molecular weight is 334 g/mol. The van der Waals surface area contributed by atoms with E-state index >= 15 is 0 Å². The van der Waals surface area contributed by atoms with Crippen molar-refractivity contribution in [2.45, 2.75) is 0 Å². The Kier molecular flexibility index (Phi) is 2.26. The van der Waals surface area contributed by atoms with Gasteiger partial charge in [0.15, 0.2) is 23.0 Å². The molecule has 122 valence electrons. The summed E-state index contributed by atoms with van der Waals surface area (Å²) in [7, 11) is 0. The molecule has 4 aromatic rings. The molecule has 0 bridgehead atoms. The second-order valence-corrected chi connectivity index (χ2v) is 5.97. The van der Waals surface area contributed by atoms with Crippen LogP contribution in [0.1, 0.15) is 0 Å². The van der Waals surface area contributed by atoms with Gasteiger partial charge < -0.3 is 23.4 Å². The van der Waals surface area contributed by atoms with Crippen LogP contribution in [0.25, 0.3) is 32.7 Å². The molecule has 2 aliphatic rings. The number of hydrogen-bond acceptors (Lipinski definition) is 6. The van der Waals surface area contributed by atoms with Crippen LogP contribution < -0.4 is 24.4 Å². The van der Waals surface area contributed by atoms with Gasteiger partial charge in [-0.25, -0.2) is 0 Å². The molecule has 0 fully saturated rings. The van der Waals surface area contributed by atoms with Crippen LogP contribution in [-0.2, 0) is 0 Å². The van der Waals surface area contributed by atoms with E-state index in [1.165, 1.54) is 0 Å². The van der Waals surface area contributed by atoms with Crippen LogP contribution in [0.2, 0.25) is 0 Å². The molecule has 0 atom stereocenters. The SMILES string of the molecule is O=c1c2cc3c4c(ccc3cc2oc2ccc3c(c12)OCO3)OCO4. The van der Waals surface area contributed by atoms with Crippen molar-refractivity contribution in [3.63, 3.8) is 0 Å². The normalized spacial score (nSPS) is 14.7. The minimum atomic E-state index is -0.156. The molecular formula is C19H10O6. The number of hydrogen-bond donors (Lipinski definition) is 0. The van der Waals surface area contributed by atoms with E-state index in [1.54, 1.807) is 18.2 Å². The Morgan fingerprint density at radius 2 is 1.48 bits per heavy atom. The molecule has 0 radical (unpaired) electrons. The molecule has 0 spiro atoms. The summed E-state index contributed by atoms with van der Waals surface area (Å²) >= 11 is 0. The third kappa shape index (κ3) is 1.60. The van der Waals surface area contributed by atoms with Crippen molar-refractivity contribution in [1.29, 1.82) is 0 Å². The second kappa shape index (κ2) is 4.36. The zero-order valence-electron chi connectivity index (χ0n) is 12.8. The third-order valence-corrected chi connectivity index (χ3v) is 4.64. The zero-order chi connectivity index (χ0) is 16.5. The fourth-order valence-corrected chi connectivity index (χ4v) is 3.49. The van der Waals surface area contributed by atoms with Gasteiger partial charge in [-0.3, -0.25) is 4.79 Å². The number of benzene rings is 3. The van der Waals surface area contributed by atoms with Crippen LogP contribution in [0.3, 0.4) is 0 Å². The lowest BCUT2D eigenvalue weighted by molar-refractivity contribution is 0.174. The van der Waals surface area contributed by atoms with Gasteiger partial charge in [0.1, 0.15) is 16.6 Å². The van der Waals surface area contributed by atoms with Gasteiger partial charge in [0.25, 0.3) is 0 Å². The average Bonchev–Trinajstić information content (AvgIpc) is 3.29. The number of rotatable bonds is 0. The molecule has 25 heavy (non-hydrogen) atoms. The van der Waals surface area contributed by atoms with Crippen molar-refractivity contribution in [3.8, 4) is 23.0 Å². The van der Waals surface area contributed by atoms with Gasteiger partial charge in [0.05, 0.1) is 5.39 Å². The first-order chi connectivity index (χ1) is 12.3. The van der Waals surface area contributed by atoms with Crippen LogP contribution in [0, 0.1) is 0 Å². The molecule has 3 aromatic carbocycles. The molecule has 0 amide bonds. The maximum Gasteiger partial charge on any atom is 0.231 e. The van der Waals surface area contributed by atoms with Gasteiger partial charge in [-0.15, -0.1) is 0 Å². The molecule has 1 aromatic heterocycles. The highest BCUT2D eigenvalue weighted by Crippen LogP contribution is 2.42. The summed E-state index contributed by atoms with van der Waals surface area (Å²) in [4.78, 5) is 13.1. The predicted molar refractivity (Wildman–Crippen MR) is 89.7 cm³/mol. The lowest BCUT2D eigenvalue weighted by Crippen LogP contribution is -2.03. The molecule has 6 heteroatoms. The van der Waals surface area contributed by atoms with E-state index in [-0.39, 0.29) is 19.0 Å². The third-order valence-electron chi connectivity index (χ3n) is 4.64. The maximum atomic E-state index is 13.1. The van der Waals surface area contributed by atoms with E-state index in [1.807, 2.05) is 18.2 Å². The highest BCUT2D eigenvalue weighted by atomic mass is 16.7. The summed E-state index contributed by atoms with van der Waals surface area (Å²) < 4.78 is 27.8. The van der Waals surface area contributed by atoms with Gasteiger partial charge in [-0.05, 0) is 35.7 Å². The Morgan fingerprint density at radius 1 is 0.720 bits per heavy atom. The van der Waals surface area contributed by atoms with Gasteiger partial charge >= 0.3 is 0 Å². The molecule has 0 N–H and O–H groups in total. The lowest BCUT2D eigenvalue weighted by Gasteiger charge is -2.07. The van der Waals surface area contributed by atoms with Crippen LogP contribution in [0.4, 0.5) is 0 Å². The first kappa shape index (κ1) is 12.9. The van der Waals surface area contributed by atoms with Gasteiger partial charge in [0, 0.05) is 5.39 Å². The van der Waals surface area contributed by atoms with Crippen molar-refractivity contribution in [1.82, 2.24) is 0 Å². The van der Waals surface area contributed by atoms with Gasteiger partial charge in [-0.2, -0.15) is 0 Å². The molecule has 2 aliphatic heterocycles. The smallest absolute Gasteiger partial charge is 0.231 e. The maximum absolute atomic E-state index is 13.1. The quantitative estimate of drug-likeness (QED) is 0.458. The minimum Gasteiger partial charge on any atom is -0.456 e. The van der Waals surface area contributed by atoms with Crippen LogP contribution in [-0.4, -0.2) is 13.6 Å². The van der Waals surface area contributed by atoms with Crippen molar-refractivity contribution in [3.05, 3.63) is 46.6 Å². The van der Waals surface area contributed by atoms with E-state index in [2.05, 4.69) is 0 Å². The Bertz CT molecular complexity index is 1270. The lowest BCUT2D eigenvalue weighted by atomic mass is 10.0. The summed E-state index contributed by atoms with van der Waals surface area (Å²) in [6, 6.07) is 10.9. The summed E-state index contributed by atoms with van der Waals surface area (Å²) in [5, 5.41) is 2.60. The molecule has 0 saturated carbocycles. The van der Waals surface area contributed by atoms with Crippen LogP contribution >= 0.6 is 0 Å². The Labute approximate surface area is 140 Å². The van der Waals surface area contributed by atoms with Crippen molar-refractivity contribution in [2.24, 2.45) is 0 Å². The number of fused-ring (bicyclic) bond motifs is 7. The van der Waals surface area contributed by atoms with Crippen molar-refractivity contribution >= 4 is 32.7 Å². The molecule has 0 unspecified atom stereocenters. The Hall–Kier alpha value is -3.41. The Balaban J connectivity index is 1.79. The van der Waals surface area contributed by atoms with Gasteiger partial charge in [-0.1, -0.05) is 6.07 Å². The van der Waals surface area contributed by atoms with Crippen molar-refractivity contribution in [2.75, 3.05) is 13.6 Å². The summed E-state index contributed by atoms with van der Waals surface area (Å²) in [6.07, 6.45) is 0. The molecule has 6 rings (SSSR count). The molecule has 6 nitrogen and oxygen atoms in total. The topological polar surface area (TPSA) is 67.1 Å². The monoisotopic (exact) mass is 334 g/mol. The molecular weight excluding hydrogens is 324 g/mol. The van der Waals surface area contributed by atoms with E-state index in [4.69, 9.17) is 23.4 Å². The zero-order valence-corrected chi connectivity index (χ0v) is 12.8. The van der Waals surface area contributed by atoms with Crippen LogP contribution in [0.5, 0.6) is 23.0 Å². The largest absolute Gasteiger partial charge is 0.456 e. The standard InChI is InChI=1S/C19H10O6/c20-17-11-6-10-9(1-2-13-18(10)23-7-21-13)5-15(11)25-12-3-4-14-19(16(12)17)24-8-22-14/h1-6H,7-8H2. The van der Waals surface area contributed by atoms with E-state index in [9.17, 15) is 4.79 Å². The van der Waals surface area contributed by atoms with Gasteiger partial charge in [0.2, 0.25) is 19.0 Å². The Morgan fingerprint density at radius 3 is 2.36 bits per heavy atom. The van der Waals surface area contributed by atoms with Crippen LogP contribution in [0.15, 0.2) is 45.6 Å². The first-order valence-corrected chi connectivity index (χ1v) is 7.81. The highest BCUT2D eigenvalue weighted by Gasteiger charge is 2.23. The number of ether oxygens (including phenoxy) is 4. The summed E-state index contributed by atoms with van der Waals surface area (Å²) in [5.74, 6) is 2.31. The fraction of sp³-hybridized carbons (Fsp3) is 0.105. The fourth-order valence-electron chi connectivity index (χ4n) is 3.49. The first-order valence-electron chi connectivity index (χ1n) is 7.81. The minimum absolute atomic E-state index is 0.0995. The molecule has 0 aliphatic carbocycles. The highest BCUT2D eigenvalue weighted by molar-refractivity contribution is 6.03. The summed E-state index contributed by atoms with van der Waals surface area (Å²) in [6.45, 7) is 0.278. The summed E-state index contributed by atoms with van der Waals surface area (Å²) in [5.41, 5.74) is 0.835. The van der Waals surface area contributed by atoms with E-state index < -0.39 is 0 Å². The second-order valence-electron chi connectivity index (χ2n) is 5.97.